The van der Waals surface area contributed by atoms with Crippen molar-refractivity contribution in [2.45, 2.75) is 25.7 Å². The van der Waals surface area contributed by atoms with Crippen molar-refractivity contribution in [1.29, 1.82) is 0 Å². The standard InChI is InChI=1S/C14H17BrN4O/c15-11-7-5-6-10(12(11)16)13-17-14(18-20-13)19-8-3-1-2-4-9-19/h5-7H,1-4,8-9,16H2. The lowest BCUT2D eigenvalue weighted by molar-refractivity contribution is 0.429. The molecule has 0 atom stereocenters. The van der Waals surface area contributed by atoms with Crippen LogP contribution < -0.4 is 10.6 Å². The van der Waals surface area contributed by atoms with E-state index in [9.17, 15) is 0 Å². The fourth-order valence-electron chi connectivity index (χ4n) is 2.45. The Morgan fingerprint density at radius 3 is 2.65 bits per heavy atom. The molecule has 0 radical (unpaired) electrons. The molecule has 5 nitrogen and oxygen atoms in total. The molecule has 0 aliphatic carbocycles. The molecule has 6 heteroatoms. The topological polar surface area (TPSA) is 68.2 Å². The molecule has 20 heavy (non-hydrogen) atoms. The highest BCUT2D eigenvalue weighted by atomic mass is 79.9. The second kappa shape index (κ2) is 5.83. The highest BCUT2D eigenvalue weighted by Crippen LogP contribution is 2.31. The quantitative estimate of drug-likeness (QED) is 0.850. The predicted molar refractivity (Wildman–Crippen MR) is 82.5 cm³/mol. The van der Waals surface area contributed by atoms with Gasteiger partial charge in [-0.25, -0.2) is 0 Å². The van der Waals surface area contributed by atoms with Crippen LogP contribution in [-0.2, 0) is 0 Å². The number of nitrogens with two attached hydrogens (primary N) is 1. The van der Waals surface area contributed by atoms with E-state index < -0.39 is 0 Å². The summed E-state index contributed by atoms with van der Waals surface area (Å²) >= 11 is 3.41. The molecule has 1 aromatic carbocycles. The summed E-state index contributed by atoms with van der Waals surface area (Å²) in [6.45, 7) is 1.99. The van der Waals surface area contributed by atoms with E-state index in [1.807, 2.05) is 18.2 Å². The molecule has 1 aliphatic heterocycles. The Kier molecular flexibility index (Phi) is 3.91. The van der Waals surface area contributed by atoms with Crippen LogP contribution in [0.3, 0.4) is 0 Å². The lowest BCUT2D eigenvalue weighted by atomic mass is 10.2. The van der Waals surface area contributed by atoms with Gasteiger partial charge < -0.3 is 15.2 Å². The summed E-state index contributed by atoms with van der Waals surface area (Å²) in [5.74, 6) is 1.14. The van der Waals surface area contributed by atoms with E-state index in [2.05, 4.69) is 31.0 Å². The molecule has 0 saturated carbocycles. The van der Waals surface area contributed by atoms with Crippen LogP contribution in [0.2, 0.25) is 0 Å². The largest absolute Gasteiger partial charge is 0.397 e. The lowest BCUT2D eigenvalue weighted by Gasteiger charge is -2.16. The Morgan fingerprint density at radius 1 is 1.15 bits per heavy atom. The smallest absolute Gasteiger partial charge is 0.266 e. The number of hydrogen-bond acceptors (Lipinski definition) is 5. The van der Waals surface area contributed by atoms with E-state index in [1.165, 1.54) is 25.7 Å². The molecule has 3 rings (SSSR count). The summed E-state index contributed by atoms with van der Waals surface area (Å²) in [5, 5.41) is 4.10. The van der Waals surface area contributed by atoms with Crippen LogP contribution in [0, 0.1) is 0 Å². The summed E-state index contributed by atoms with van der Waals surface area (Å²) in [5.41, 5.74) is 7.43. The molecule has 0 bridgehead atoms. The molecule has 0 unspecified atom stereocenters. The van der Waals surface area contributed by atoms with Gasteiger partial charge in [-0.05, 0) is 46.1 Å². The third-order valence-electron chi connectivity index (χ3n) is 3.59. The van der Waals surface area contributed by atoms with Gasteiger partial charge in [0.15, 0.2) is 0 Å². The highest BCUT2D eigenvalue weighted by Gasteiger charge is 2.18. The first kappa shape index (κ1) is 13.4. The first-order chi connectivity index (χ1) is 9.75. The minimum absolute atomic E-state index is 0.475. The Balaban J connectivity index is 1.87. The fraction of sp³-hybridized carbons (Fsp3) is 0.429. The van der Waals surface area contributed by atoms with Gasteiger partial charge in [0.05, 0.1) is 11.3 Å². The monoisotopic (exact) mass is 336 g/mol. The molecular weight excluding hydrogens is 320 g/mol. The van der Waals surface area contributed by atoms with Crippen molar-refractivity contribution >= 4 is 27.6 Å². The van der Waals surface area contributed by atoms with Gasteiger partial charge in [-0.3, -0.25) is 0 Å². The average molecular weight is 337 g/mol. The van der Waals surface area contributed by atoms with Crippen molar-refractivity contribution in [2.75, 3.05) is 23.7 Å². The summed E-state index contributed by atoms with van der Waals surface area (Å²) in [4.78, 5) is 6.68. The number of benzene rings is 1. The number of hydrogen-bond donors (Lipinski definition) is 1. The van der Waals surface area contributed by atoms with Crippen molar-refractivity contribution in [2.24, 2.45) is 0 Å². The normalized spacial score (nSPS) is 16.1. The second-order valence-corrected chi connectivity index (χ2v) is 5.86. The number of nitrogens with zero attached hydrogens (tertiary/aromatic N) is 3. The molecule has 1 aliphatic rings. The van der Waals surface area contributed by atoms with Crippen molar-refractivity contribution in [3.63, 3.8) is 0 Å². The maximum atomic E-state index is 6.04. The van der Waals surface area contributed by atoms with Crippen LogP contribution in [0.25, 0.3) is 11.5 Å². The van der Waals surface area contributed by atoms with Gasteiger partial charge in [0.25, 0.3) is 11.8 Å². The number of aromatic nitrogens is 2. The van der Waals surface area contributed by atoms with Gasteiger partial charge in [-0.1, -0.05) is 18.9 Å². The lowest BCUT2D eigenvalue weighted by Crippen LogP contribution is -2.24. The molecule has 1 aromatic heterocycles. The van der Waals surface area contributed by atoms with Crippen molar-refractivity contribution in [3.05, 3.63) is 22.7 Å². The summed E-state index contributed by atoms with van der Waals surface area (Å²) in [6, 6.07) is 5.69. The van der Waals surface area contributed by atoms with E-state index >= 15 is 0 Å². The van der Waals surface area contributed by atoms with Crippen LogP contribution in [0.5, 0.6) is 0 Å². The van der Waals surface area contributed by atoms with E-state index in [1.54, 1.807) is 0 Å². The molecule has 0 spiro atoms. The van der Waals surface area contributed by atoms with Crippen LogP contribution in [0.15, 0.2) is 27.2 Å². The van der Waals surface area contributed by atoms with Gasteiger partial charge in [-0.15, -0.1) is 0 Å². The van der Waals surface area contributed by atoms with Crippen LogP contribution in [-0.4, -0.2) is 23.2 Å². The molecular formula is C14H17BrN4O. The number of halogens is 1. The first-order valence-corrected chi connectivity index (χ1v) is 7.68. The molecule has 2 heterocycles. The second-order valence-electron chi connectivity index (χ2n) is 5.00. The van der Waals surface area contributed by atoms with Crippen molar-refractivity contribution < 1.29 is 4.52 Å². The van der Waals surface area contributed by atoms with Gasteiger partial charge >= 0.3 is 0 Å². The summed E-state index contributed by atoms with van der Waals surface area (Å²) in [7, 11) is 0. The summed E-state index contributed by atoms with van der Waals surface area (Å²) in [6.07, 6.45) is 4.92. The number of rotatable bonds is 2. The van der Waals surface area contributed by atoms with E-state index in [0.29, 0.717) is 17.5 Å². The minimum atomic E-state index is 0.475. The van der Waals surface area contributed by atoms with E-state index in [-0.39, 0.29) is 0 Å². The summed E-state index contributed by atoms with van der Waals surface area (Å²) < 4.78 is 6.21. The zero-order valence-corrected chi connectivity index (χ0v) is 12.8. The molecule has 0 amide bonds. The van der Waals surface area contributed by atoms with Gasteiger partial charge in [-0.2, -0.15) is 4.98 Å². The maximum absolute atomic E-state index is 6.04. The highest BCUT2D eigenvalue weighted by molar-refractivity contribution is 9.10. The Labute approximate surface area is 126 Å². The van der Waals surface area contributed by atoms with Crippen LogP contribution in [0.1, 0.15) is 25.7 Å². The molecule has 2 N–H and O–H groups in total. The zero-order valence-electron chi connectivity index (χ0n) is 11.2. The number of nitrogen functional groups attached to an aromatic ring is 1. The Bertz CT molecular complexity index is 591. The fourth-order valence-corrected chi connectivity index (χ4v) is 2.81. The first-order valence-electron chi connectivity index (χ1n) is 6.89. The zero-order chi connectivity index (χ0) is 13.9. The minimum Gasteiger partial charge on any atom is -0.397 e. The van der Waals surface area contributed by atoms with Gasteiger partial charge in [0, 0.05) is 17.6 Å². The Morgan fingerprint density at radius 2 is 1.90 bits per heavy atom. The van der Waals surface area contributed by atoms with Crippen LogP contribution in [0.4, 0.5) is 11.6 Å². The third kappa shape index (κ3) is 2.65. The number of anilines is 2. The third-order valence-corrected chi connectivity index (χ3v) is 4.28. The number of para-hydroxylation sites is 1. The van der Waals surface area contributed by atoms with E-state index in [0.717, 1.165) is 23.1 Å². The average Bonchev–Trinajstić information content (AvgIpc) is 2.77. The van der Waals surface area contributed by atoms with Crippen molar-refractivity contribution in [1.82, 2.24) is 10.1 Å². The molecule has 1 saturated heterocycles. The maximum Gasteiger partial charge on any atom is 0.266 e. The van der Waals surface area contributed by atoms with Gasteiger partial charge in [0.2, 0.25) is 0 Å². The molecule has 106 valence electrons. The van der Waals surface area contributed by atoms with Gasteiger partial charge in [0.1, 0.15) is 0 Å². The molecule has 1 fully saturated rings. The molecule has 2 aromatic rings. The van der Waals surface area contributed by atoms with E-state index in [4.69, 9.17) is 10.3 Å². The van der Waals surface area contributed by atoms with Crippen molar-refractivity contribution in [3.8, 4) is 11.5 Å². The predicted octanol–water partition coefficient (Wildman–Crippen LogP) is 3.46. The van der Waals surface area contributed by atoms with Crippen LogP contribution >= 0.6 is 15.9 Å². The Hall–Kier alpha value is -1.56. The SMILES string of the molecule is Nc1c(Br)cccc1-c1nc(N2CCCCCC2)no1.